The van der Waals surface area contributed by atoms with Crippen LogP contribution in [0.5, 0.6) is 0 Å². The minimum Gasteiger partial charge on any atom is -0.458 e. The van der Waals surface area contributed by atoms with Crippen molar-refractivity contribution in [1.29, 1.82) is 0 Å². The number of benzene rings is 2. The molecule has 0 fully saturated rings. The van der Waals surface area contributed by atoms with Crippen LogP contribution in [0.25, 0.3) is 10.8 Å². The van der Waals surface area contributed by atoms with Gasteiger partial charge in [0.2, 0.25) is 0 Å². The van der Waals surface area contributed by atoms with Crippen molar-refractivity contribution in [3.8, 4) is 0 Å². The van der Waals surface area contributed by atoms with Crippen LogP contribution in [0.2, 0.25) is 18.1 Å². The van der Waals surface area contributed by atoms with Crippen LogP contribution in [0, 0.1) is 0 Å². The highest BCUT2D eigenvalue weighted by Crippen LogP contribution is 2.38. The number of ether oxygens (including phenoxy) is 1. The molecule has 5 heteroatoms. The molecule has 0 spiro atoms. The highest BCUT2D eigenvalue weighted by atomic mass is 28.4. The maximum atomic E-state index is 12.5. The molecule has 0 unspecified atom stereocenters. The molecule has 0 aliphatic carbocycles. The average molecular weight is 401 g/mol. The summed E-state index contributed by atoms with van der Waals surface area (Å²) in [5.41, 5.74) is 0.948. The van der Waals surface area contributed by atoms with Gasteiger partial charge in [-0.15, -0.1) is 0 Å². The first-order chi connectivity index (χ1) is 13.0. The second-order valence-corrected chi connectivity index (χ2v) is 13.6. The standard InChI is InChI=1S/C23H32O4Si/c1-17(19-12-11-18-9-7-8-10-20(18)15-19)26-22(25)16-21(13-14-24)27-28(5,6)23(2,3)4/h7-12,14-15,17,21H,13,16H2,1-6H3/t17-,21-/m0/s1. The summed E-state index contributed by atoms with van der Waals surface area (Å²) in [5, 5.41) is 2.28. The van der Waals surface area contributed by atoms with Crippen LogP contribution in [0.3, 0.4) is 0 Å². The van der Waals surface area contributed by atoms with Crippen molar-refractivity contribution in [2.75, 3.05) is 0 Å². The molecule has 0 bridgehead atoms. The Balaban J connectivity index is 2.03. The Labute approximate surface area is 169 Å². The summed E-state index contributed by atoms with van der Waals surface area (Å²) < 4.78 is 11.9. The van der Waals surface area contributed by atoms with Crippen molar-refractivity contribution < 1.29 is 18.8 Å². The van der Waals surface area contributed by atoms with Crippen molar-refractivity contribution in [2.24, 2.45) is 0 Å². The molecular weight excluding hydrogens is 368 g/mol. The molecule has 0 heterocycles. The maximum Gasteiger partial charge on any atom is 0.308 e. The van der Waals surface area contributed by atoms with E-state index in [0.29, 0.717) is 0 Å². The van der Waals surface area contributed by atoms with Crippen LogP contribution in [-0.2, 0) is 18.8 Å². The summed E-state index contributed by atoms with van der Waals surface area (Å²) in [6.45, 7) is 12.5. The van der Waals surface area contributed by atoms with Crippen LogP contribution in [0.1, 0.15) is 52.2 Å². The molecule has 152 valence electrons. The number of rotatable bonds is 8. The first kappa shape index (κ1) is 22.3. The molecule has 0 saturated carbocycles. The number of fused-ring (bicyclic) bond motifs is 1. The summed E-state index contributed by atoms with van der Waals surface area (Å²) in [6.07, 6.45) is 0.309. The largest absolute Gasteiger partial charge is 0.458 e. The lowest BCUT2D eigenvalue weighted by molar-refractivity contribution is -0.150. The van der Waals surface area contributed by atoms with Gasteiger partial charge in [-0.1, -0.05) is 57.2 Å². The van der Waals surface area contributed by atoms with E-state index in [2.05, 4.69) is 39.9 Å². The van der Waals surface area contributed by atoms with Gasteiger partial charge in [0, 0.05) is 6.42 Å². The third-order valence-electron chi connectivity index (χ3n) is 5.57. The van der Waals surface area contributed by atoms with Gasteiger partial charge in [-0.3, -0.25) is 4.79 Å². The number of hydrogen-bond donors (Lipinski definition) is 0. The number of carbonyl (C=O) groups is 2. The molecule has 2 aromatic carbocycles. The fraction of sp³-hybridized carbons (Fsp3) is 0.478. The van der Waals surface area contributed by atoms with Crippen molar-refractivity contribution in [3.05, 3.63) is 48.0 Å². The van der Waals surface area contributed by atoms with Gasteiger partial charge in [-0.25, -0.2) is 0 Å². The van der Waals surface area contributed by atoms with Crippen LogP contribution < -0.4 is 0 Å². The van der Waals surface area contributed by atoms with E-state index in [0.717, 1.165) is 22.6 Å². The first-order valence-electron chi connectivity index (χ1n) is 9.83. The van der Waals surface area contributed by atoms with Crippen LogP contribution in [0.15, 0.2) is 42.5 Å². The van der Waals surface area contributed by atoms with Gasteiger partial charge in [0.25, 0.3) is 0 Å². The van der Waals surface area contributed by atoms with E-state index >= 15 is 0 Å². The van der Waals surface area contributed by atoms with Gasteiger partial charge in [0.1, 0.15) is 12.4 Å². The summed E-state index contributed by atoms with van der Waals surface area (Å²) in [6, 6.07) is 14.1. The average Bonchev–Trinajstić information content (AvgIpc) is 2.60. The van der Waals surface area contributed by atoms with E-state index in [1.54, 1.807) is 0 Å². The van der Waals surface area contributed by atoms with Crippen LogP contribution in [0.4, 0.5) is 0 Å². The second-order valence-electron chi connectivity index (χ2n) is 8.85. The van der Waals surface area contributed by atoms with Gasteiger partial charge < -0.3 is 14.0 Å². The number of carbonyl (C=O) groups excluding carboxylic acids is 2. The molecule has 0 N–H and O–H groups in total. The number of esters is 1. The zero-order chi connectivity index (χ0) is 20.9. The monoisotopic (exact) mass is 400 g/mol. The van der Waals surface area contributed by atoms with Crippen molar-refractivity contribution in [2.45, 2.75) is 70.9 Å². The number of aldehydes is 1. The molecule has 4 nitrogen and oxygen atoms in total. The maximum absolute atomic E-state index is 12.5. The molecular formula is C23H32O4Si. The molecule has 0 amide bonds. The molecule has 0 aliphatic rings. The second kappa shape index (κ2) is 9.01. The minimum absolute atomic E-state index is 0.0103. The minimum atomic E-state index is -2.07. The molecule has 0 radical (unpaired) electrons. The fourth-order valence-corrected chi connectivity index (χ4v) is 4.20. The van der Waals surface area contributed by atoms with Gasteiger partial charge in [0.15, 0.2) is 8.32 Å². The Morgan fingerprint density at radius 2 is 1.75 bits per heavy atom. The van der Waals surface area contributed by atoms with E-state index in [1.807, 2.05) is 43.3 Å². The highest BCUT2D eigenvalue weighted by molar-refractivity contribution is 6.74. The highest BCUT2D eigenvalue weighted by Gasteiger charge is 2.39. The Morgan fingerprint density at radius 1 is 1.11 bits per heavy atom. The molecule has 2 atom stereocenters. The zero-order valence-corrected chi connectivity index (χ0v) is 18.8. The predicted octanol–water partition coefficient (Wildman–Crippen LogP) is 5.81. The Kier molecular flexibility index (Phi) is 7.18. The quantitative estimate of drug-likeness (QED) is 0.318. The molecule has 0 aromatic heterocycles. The van der Waals surface area contributed by atoms with E-state index < -0.39 is 14.4 Å². The lowest BCUT2D eigenvalue weighted by Gasteiger charge is -2.38. The van der Waals surface area contributed by atoms with Crippen molar-refractivity contribution in [1.82, 2.24) is 0 Å². The molecule has 2 rings (SSSR count). The normalized spacial score (nSPS) is 14.5. The van der Waals surface area contributed by atoms with Crippen molar-refractivity contribution >= 4 is 31.3 Å². The smallest absolute Gasteiger partial charge is 0.308 e. The van der Waals surface area contributed by atoms with E-state index in [9.17, 15) is 9.59 Å². The summed E-state index contributed by atoms with van der Waals surface area (Å²) in [7, 11) is -2.07. The summed E-state index contributed by atoms with van der Waals surface area (Å²) >= 11 is 0. The lowest BCUT2D eigenvalue weighted by Crippen LogP contribution is -2.44. The Hall–Kier alpha value is -1.98. The zero-order valence-electron chi connectivity index (χ0n) is 17.8. The van der Waals surface area contributed by atoms with Crippen LogP contribution >= 0.6 is 0 Å². The van der Waals surface area contributed by atoms with E-state index in [-0.39, 0.29) is 30.0 Å². The van der Waals surface area contributed by atoms with Crippen molar-refractivity contribution in [3.63, 3.8) is 0 Å². The Bertz CT molecular complexity index is 823. The molecule has 28 heavy (non-hydrogen) atoms. The topological polar surface area (TPSA) is 52.6 Å². The van der Waals surface area contributed by atoms with Gasteiger partial charge in [0.05, 0.1) is 12.5 Å². The summed E-state index contributed by atoms with van der Waals surface area (Å²) in [5.74, 6) is -0.341. The van der Waals surface area contributed by atoms with Gasteiger partial charge in [-0.05, 0) is 47.5 Å². The Morgan fingerprint density at radius 3 is 2.36 bits per heavy atom. The van der Waals surface area contributed by atoms with Crippen LogP contribution in [-0.4, -0.2) is 26.7 Å². The van der Waals surface area contributed by atoms with Gasteiger partial charge >= 0.3 is 5.97 Å². The molecule has 2 aromatic rings. The number of hydrogen-bond acceptors (Lipinski definition) is 4. The van der Waals surface area contributed by atoms with E-state index in [1.165, 1.54) is 0 Å². The molecule has 0 saturated heterocycles. The first-order valence-corrected chi connectivity index (χ1v) is 12.7. The lowest BCUT2D eigenvalue weighted by atomic mass is 10.0. The third kappa shape index (κ3) is 5.76. The van der Waals surface area contributed by atoms with Gasteiger partial charge in [-0.2, -0.15) is 0 Å². The van der Waals surface area contributed by atoms with E-state index in [4.69, 9.17) is 9.16 Å². The summed E-state index contributed by atoms with van der Waals surface area (Å²) in [4.78, 5) is 23.6. The SMILES string of the molecule is C[C@H](OC(=O)C[C@H](CC=O)O[Si](C)(C)C(C)(C)C)c1ccc2ccccc2c1. The fourth-order valence-electron chi connectivity index (χ4n) is 2.83. The third-order valence-corrected chi connectivity index (χ3v) is 10.1. The molecule has 0 aliphatic heterocycles. The predicted molar refractivity (Wildman–Crippen MR) is 116 cm³/mol.